The molecule has 0 bridgehead atoms. The minimum atomic E-state index is -0.521. The summed E-state index contributed by atoms with van der Waals surface area (Å²) in [4.78, 5) is 0. The zero-order valence-corrected chi connectivity index (χ0v) is 7.33. The molecular weight excluding hydrogens is 140 g/mol. The van der Waals surface area contributed by atoms with Gasteiger partial charge in [-0.3, -0.25) is 0 Å². The molecule has 2 heteroatoms. The lowest BCUT2D eigenvalue weighted by Gasteiger charge is -2.18. The summed E-state index contributed by atoms with van der Waals surface area (Å²) in [6, 6.07) is 0. The minimum absolute atomic E-state index is 0.0108. The van der Waals surface area contributed by atoms with Gasteiger partial charge in [0.05, 0.1) is 6.10 Å². The van der Waals surface area contributed by atoms with Crippen LogP contribution in [0.2, 0.25) is 0 Å². The molecule has 2 nitrogen and oxygen atoms in total. The topological polar surface area (TPSA) is 40.5 Å². The largest absolute Gasteiger partial charge is 0.396 e. The maximum Gasteiger partial charge on any atom is 0.0722 e. The van der Waals surface area contributed by atoms with Crippen molar-refractivity contribution in [1.29, 1.82) is 0 Å². The van der Waals surface area contributed by atoms with E-state index in [9.17, 15) is 5.11 Å². The molecule has 0 heterocycles. The monoisotopic (exact) mass is 156 g/mol. The summed E-state index contributed by atoms with van der Waals surface area (Å²) >= 11 is 0. The van der Waals surface area contributed by atoms with Crippen LogP contribution in [0.3, 0.4) is 0 Å². The Kier molecular flexibility index (Phi) is 4.93. The second kappa shape index (κ2) is 5.17. The van der Waals surface area contributed by atoms with E-state index < -0.39 is 6.10 Å². The molecule has 0 aromatic rings. The Morgan fingerprint density at radius 3 is 2.27 bits per heavy atom. The highest BCUT2D eigenvalue weighted by molar-refractivity contribution is 5.02. The summed E-state index contributed by atoms with van der Waals surface area (Å²) in [6.45, 7) is 5.41. The third-order valence-electron chi connectivity index (χ3n) is 1.76. The van der Waals surface area contributed by atoms with Crippen molar-refractivity contribution >= 4 is 0 Å². The minimum Gasteiger partial charge on any atom is -0.396 e. The van der Waals surface area contributed by atoms with Gasteiger partial charge < -0.3 is 10.2 Å². The first kappa shape index (κ1) is 10.5. The molecule has 0 aliphatic rings. The predicted octanol–water partition coefficient (Wildman–Crippen LogP) is 0.635. The predicted molar refractivity (Wildman–Crippen MR) is 44.9 cm³/mol. The van der Waals surface area contributed by atoms with Crippen LogP contribution in [0.5, 0.6) is 0 Å². The third kappa shape index (κ3) is 3.41. The van der Waals surface area contributed by atoms with Crippen molar-refractivity contribution in [2.75, 3.05) is 6.61 Å². The Morgan fingerprint density at radius 2 is 1.91 bits per heavy atom. The van der Waals surface area contributed by atoms with E-state index in [0.717, 1.165) is 0 Å². The van der Waals surface area contributed by atoms with Crippen molar-refractivity contribution in [2.24, 2.45) is 11.8 Å². The van der Waals surface area contributed by atoms with Gasteiger partial charge in [0.2, 0.25) is 0 Å². The van der Waals surface area contributed by atoms with E-state index in [1.807, 2.05) is 6.92 Å². The van der Waals surface area contributed by atoms with E-state index in [0.29, 0.717) is 0 Å². The molecule has 0 rings (SSSR count). The van der Waals surface area contributed by atoms with E-state index >= 15 is 0 Å². The van der Waals surface area contributed by atoms with Crippen LogP contribution < -0.4 is 0 Å². The fourth-order valence-corrected chi connectivity index (χ4v) is 0.914. The fraction of sp³-hybridized carbons (Fsp3) is 0.778. The standard InChI is InChI=1S/C9H16O2/c1-4-5-7(2)9(11)8(3)6-10/h7-11H,6H2,1-3H3. The maximum atomic E-state index is 9.45. The van der Waals surface area contributed by atoms with Crippen LogP contribution in [-0.4, -0.2) is 22.9 Å². The van der Waals surface area contributed by atoms with Gasteiger partial charge in [-0.2, -0.15) is 0 Å². The van der Waals surface area contributed by atoms with Gasteiger partial charge in [-0.15, -0.1) is 5.92 Å². The van der Waals surface area contributed by atoms with Crippen LogP contribution in [-0.2, 0) is 0 Å². The maximum absolute atomic E-state index is 9.45. The number of aliphatic hydroxyl groups is 2. The van der Waals surface area contributed by atoms with Gasteiger partial charge >= 0.3 is 0 Å². The summed E-state index contributed by atoms with van der Waals surface area (Å²) in [5.74, 6) is 5.44. The van der Waals surface area contributed by atoms with E-state index in [1.165, 1.54) is 0 Å². The summed E-state index contributed by atoms with van der Waals surface area (Å²) in [7, 11) is 0. The molecule has 0 saturated carbocycles. The molecule has 0 radical (unpaired) electrons. The van der Waals surface area contributed by atoms with Gasteiger partial charge in [0.15, 0.2) is 0 Å². The van der Waals surface area contributed by atoms with Crippen LogP contribution >= 0.6 is 0 Å². The molecule has 0 saturated heterocycles. The van der Waals surface area contributed by atoms with Crippen molar-refractivity contribution in [3.8, 4) is 11.8 Å². The van der Waals surface area contributed by atoms with Crippen LogP contribution in [0, 0.1) is 23.7 Å². The molecule has 0 aromatic carbocycles. The molecule has 3 unspecified atom stereocenters. The first-order valence-corrected chi connectivity index (χ1v) is 3.84. The van der Waals surface area contributed by atoms with E-state index in [-0.39, 0.29) is 18.4 Å². The van der Waals surface area contributed by atoms with Crippen molar-refractivity contribution in [3.63, 3.8) is 0 Å². The fourth-order valence-electron chi connectivity index (χ4n) is 0.914. The third-order valence-corrected chi connectivity index (χ3v) is 1.76. The van der Waals surface area contributed by atoms with E-state index in [2.05, 4.69) is 11.8 Å². The van der Waals surface area contributed by atoms with Crippen molar-refractivity contribution in [2.45, 2.75) is 26.9 Å². The Labute approximate surface area is 68.2 Å². The van der Waals surface area contributed by atoms with Crippen LogP contribution in [0.1, 0.15) is 20.8 Å². The van der Waals surface area contributed by atoms with Crippen molar-refractivity contribution < 1.29 is 10.2 Å². The molecule has 64 valence electrons. The Bertz CT molecular complexity index is 155. The highest BCUT2D eigenvalue weighted by atomic mass is 16.3. The Morgan fingerprint density at radius 1 is 1.36 bits per heavy atom. The van der Waals surface area contributed by atoms with Gasteiger partial charge in [0.25, 0.3) is 0 Å². The second-order valence-corrected chi connectivity index (χ2v) is 2.83. The van der Waals surface area contributed by atoms with Gasteiger partial charge in [-0.25, -0.2) is 0 Å². The molecule has 0 aliphatic carbocycles. The Hall–Kier alpha value is -0.520. The lowest BCUT2D eigenvalue weighted by molar-refractivity contribution is 0.0539. The highest BCUT2D eigenvalue weighted by Crippen LogP contribution is 2.11. The van der Waals surface area contributed by atoms with Gasteiger partial charge in [0.1, 0.15) is 0 Å². The normalized spacial score (nSPS) is 17.9. The number of hydrogen-bond acceptors (Lipinski definition) is 2. The summed E-state index contributed by atoms with van der Waals surface area (Å²) in [5, 5.41) is 18.2. The van der Waals surface area contributed by atoms with Crippen LogP contribution in [0.15, 0.2) is 0 Å². The van der Waals surface area contributed by atoms with Crippen LogP contribution in [0.4, 0.5) is 0 Å². The highest BCUT2D eigenvalue weighted by Gasteiger charge is 2.18. The van der Waals surface area contributed by atoms with Crippen molar-refractivity contribution in [1.82, 2.24) is 0 Å². The molecule has 3 atom stereocenters. The number of rotatable bonds is 3. The Balaban J connectivity index is 3.97. The summed E-state index contributed by atoms with van der Waals surface area (Å²) < 4.78 is 0. The molecule has 0 spiro atoms. The molecule has 11 heavy (non-hydrogen) atoms. The quantitative estimate of drug-likeness (QED) is 0.588. The summed E-state index contributed by atoms with van der Waals surface area (Å²) in [6.07, 6.45) is -0.521. The molecule has 0 aromatic heterocycles. The van der Waals surface area contributed by atoms with E-state index in [4.69, 9.17) is 5.11 Å². The lowest BCUT2D eigenvalue weighted by Crippen LogP contribution is -2.27. The molecule has 0 aliphatic heterocycles. The average molecular weight is 156 g/mol. The van der Waals surface area contributed by atoms with Crippen LogP contribution in [0.25, 0.3) is 0 Å². The lowest BCUT2D eigenvalue weighted by atomic mass is 9.94. The zero-order chi connectivity index (χ0) is 8.85. The molecule has 2 N–H and O–H groups in total. The number of hydrogen-bond donors (Lipinski definition) is 2. The van der Waals surface area contributed by atoms with Gasteiger partial charge in [0, 0.05) is 18.4 Å². The zero-order valence-electron chi connectivity index (χ0n) is 7.33. The SMILES string of the molecule is CC#CC(C)C(O)C(C)CO. The average Bonchev–Trinajstić information content (AvgIpc) is 2.02. The smallest absolute Gasteiger partial charge is 0.0722 e. The number of aliphatic hydroxyl groups excluding tert-OH is 2. The summed E-state index contributed by atoms with van der Waals surface area (Å²) in [5.41, 5.74) is 0. The van der Waals surface area contributed by atoms with Gasteiger partial charge in [-0.1, -0.05) is 12.8 Å². The first-order valence-electron chi connectivity index (χ1n) is 3.84. The van der Waals surface area contributed by atoms with Gasteiger partial charge in [-0.05, 0) is 13.8 Å². The molecule has 0 amide bonds. The molecule has 0 fully saturated rings. The van der Waals surface area contributed by atoms with Crippen molar-refractivity contribution in [3.05, 3.63) is 0 Å². The van der Waals surface area contributed by atoms with E-state index in [1.54, 1.807) is 13.8 Å². The first-order chi connectivity index (χ1) is 5.13. The second-order valence-electron chi connectivity index (χ2n) is 2.83. The molecular formula is C9H16O2.